The van der Waals surface area contributed by atoms with Crippen molar-refractivity contribution in [2.45, 2.75) is 47.0 Å². The molecule has 0 aliphatic carbocycles. The second kappa shape index (κ2) is 5.19. The van der Waals surface area contributed by atoms with E-state index in [9.17, 15) is 0 Å². The molecule has 0 saturated heterocycles. The summed E-state index contributed by atoms with van der Waals surface area (Å²) in [4.78, 5) is 4.43. The first-order valence-corrected chi connectivity index (χ1v) is 6.95. The van der Waals surface area contributed by atoms with Gasteiger partial charge in [-0.05, 0) is 23.8 Å². The average molecular weight is 260 g/mol. The van der Waals surface area contributed by atoms with E-state index in [1.54, 1.807) is 6.20 Å². The van der Waals surface area contributed by atoms with E-state index in [1.165, 1.54) is 0 Å². The third-order valence-corrected chi connectivity index (χ3v) is 3.17. The lowest BCUT2D eigenvalue weighted by atomic mass is 9.92. The molecule has 2 aromatic heterocycles. The number of nitrogens with zero attached hydrogens (tertiary/aromatic N) is 3. The van der Waals surface area contributed by atoms with E-state index >= 15 is 0 Å². The van der Waals surface area contributed by atoms with Gasteiger partial charge in [0.05, 0.1) is 5.69 Å². The molecule has 0 bridgehead atoms. The van der Waals surface area contributed by atoms with E-state index in [0.717, 1.165) is 30.0 Å². The molecule has 19 heavy (non-hydrogen) atoms. The highest BCUT2D eigenvalue weighted by Gasteiger charge is 2.12. The Bertz CT molecular complexity index is 549. The van der Waals surface area contributed by atoms with Gasteiger partial charge in [-0.25, -0.2) is 9.50 Å². The van der Waals surface area contributed by atoms with Crippen LogP contribution in [0, 0.1) is 5.41 Å². The molecule has 2 heterocycles. The molecule has 0 spiro atoms. The van der Waals surface area contributed by atoms with Crippen LogP contribution in [-0.4, -0.2) is 21.1 Å². The van der Waals surface area contributed by atoms with Gasteiger partial charge >= 0.3 is 0 Å². The number of fused-ring (bicyclic) bond motifs is 1. The minimum atomic E-state index is 0.335. The maximum Gasteiger partial charge on any atom is 0.152 e. The van der Waals surface area contributed by atoms with Gasteiger partial charge in [0, 0.05) is 18.9 Å². The Hall–Kier alpha value is -1.58. The summed E-state index contributed by atoms with van der Waals surface area (Å²) in [5.74, 6) is 1.36. The number of hydrogen-bond acceptors (Lipinski definition) is 3. The highest BCUT2D eigenvalue weighted by molar-refractivity contribution is 5.67. The van der Waals surface area contributed by atoms with Gasteiger partial charge in [-0.15, -0.1) is 0 Å². The Morgan fingerprint density at radius 3 is 2.68 bits per heavy atom. The van der Waals surface area contributed by atoms with Crippen molar-refractivity contribution >= 4 is 11.3 Å². The smallest absolute Gasteiger partial charge is 0.152 e. The molecule has 104 valence electrons. The maximum absolute atomic E-state index is 4.57. The first kappa shape index (κ1) is 13.8. The van der Waals surface area contributed by atoms with Crippen LogP contribution in [-0.2, 0) is 0 Å². The summed E-state index contributed by atoms with van der Waals surface area (Å²) in [5, 5.41) is 7.99. The minimum absolute atomic E-state index is 0.335. The van der Waals surface area contributed by atoms with Crippen LogP contribution in [0.4, 0.5) is 5.82 Å². The molecule has 2 rings (SSSR count). The topological polar surface area (TPSA) is 42.2 Å². The van der Waals surface area contributed by atoms with Crippen LogP contribution < -0.4 is 5.32 Å². The Kier molecular flexibility index (Phi) is 3.78. The molecule has 0 radical (unpaired) electrons. The third-order valence-electron chi connectivity index (χ3n) is 3.17. The van der Waals surface area contributed by atoms with Crippen LogP contribution in [0.15, 0.2) is 18.5 Å². The second-order valence-corrected chi connectivity index (χ2v) is 6.57. The van der Waals surface area contributed by atoms with Crippen LogP contribution in [0.2, 0.25) is 0 Å². The van der Waals surface area contributed by atoms with Crippen molar-refractivity contribution in [1.29, 1.82) is 0 Å². The summed E-state index contributed by atoms with van der Waals surface area (Å²) < 4.78 is 1.90. The molecule has 4 heteroatoms. The minimum Gasteiger partial charge on any atom is -0.368 e. The quantitative estimate of drug-likeness (QED) is 0.911. The molecule has 0 fully saturated rings. The van der Waals surface area contributed by atoms with Crippen molar-refractivity contribution in [3.63, 3.8) is 0 Å². The summed E-state index contributed by atoms with van der Waals surface area (Å²) in [6.07, 6.45) is 4.81. The third kappa shape index (κ3) is 3.46. The summed E-state index contributed by atoms with van der Waals surface area (Å²) in [6.45, 7) is 12.0. The van der Waals surface area contributed by atoms with Gasteiger partial charge in [0.25, 0.3) is 0 Å². The Balaban J connectivity index is 2.18. The predicted molar refractivity (Wildman–Crippen MR) is 79.6 cm³/mol. The standard InChI is InChI=1S/C15H24N4/c1-11(2)12-10-13-14(16-7-6-15(3,4)5)17-8-9-19(13)18-12/h8-11H,6-7H2,1-5H3,(H,16,17). The Labute approximate surface area is 115 Å². The zero-order chi connectivity index (χ0) is 14.0. The number of aromatic nitrogens is 3. The van der Waals surface area contributed by atoms with E-state index in [1.807, 2.05) is 10.7 Å². The fraction of sp³-hybridized carbons (Fsp3) is 0.600. The first-order chi connectivity index (χ1) is 8.87. The summed E-state index contributed by atoms with van der Waals surface area (Å²) in [7, 11) is 0. The largest absolute Gasteiger partial charge is 0.368 e. The second-order valence-electron chi connectivity index (χ2n) is 6.57. The zero-order valence-corrected chi connectivity index (χ0v) is 12.6. The lowest BCUT2D eigenvalue weighted by Gasteiger charge is -2.18. The van der Waals surface area contributed by atoms with Crippen LogP contribution >= 0.6 is 0 Å². The number of rotatable bonds is 4. The molecular formula is C15H24N4. The van der Waals surface area contributed by atoms with Crippen LogP contribution in [0.25, 0.3) is 5.52 Å². The molecule has 0 aliphatic rings. The fourth-order valence-electron chi connectivity index (χ4n) is 1.92. The van der Waals surface area contributed by atoms with Gasteiger partial charge in [0.2, 0.25) is 0 Å². The molecule has 1 N–H and O–H groups in total. The van der Waals surface area contributed by atoms with Gasteiger partial charge in [-0.1, -0.05) is 34.6 Å². The SMILES string of the molecule is CC(C)c1cc2c(NCCC(C)(C)C)nccn2n1. The van der Waals surface area contributed by atoms with E-state index in [0.29, 0.717) is 11.3 Å². The van der Waals surface area contributed by atoms with Gasteiger partial charge in [0.1, 0.15) is 5.52 Å². The maximum atomic E-state index is 4.57. The van der Waals surface area contributed by atoms with E-state index in [4.69, 9.17) is 0 Å². The predicted octanol–water partition coefficient (Wildman–Crippen LogP) is 3.70. The monoisotopic (exact) mass is 260 g/mol. The molecule has 2 aromatic rings. The van der Waals surface area contributed by atoms with Crippen molar-refractivity contribution < 1.29 is 0 Å². The molecular weight excluding hydrogens is 236 g/mol. The number of nitrogens with one attached hydrogen (secondary N) is 1. The lowest BCUT2D eigenvalue weighted by molar-refractivity contribution is 0.389. The van der Waals surface area contributed by atoms with Crippen molar-refractivity contribution in [1.82, 2.24) is 14.6 Å². The summed E-state index contributed by atoms with van der Waals surface area (Å²) in [5.41, 5.74) is 2.49. The van der Waals surface area contributed by atoms with Crippen LogP contribution in [0.1, 0.15) is 52.7 Å². The van der Waals surface area contributed by atoms with E-state index in [2.05, 4.69) is 56.1 Å². The van der Waals surface area contributed by atoms with Gasteiger partial charge in [-0.3, -0.25) is 0 Å². The fourth-order valence-corrected chi connectivity index (χ4v) is 1.92. The van der Waals surface area contributed by atoms with E-state index < -0.39 is 0 Å². The highest BCUT2D eigenvalue weighted by atomic mass is 15.2. The normalized spacial score (nSPS) is 12.3. The van der Waals surface area contributed by atoms with Crippen LogP contribution in [0.3, 0.4) is 0 Å². The molecule has 0 atom stereocenters. The van der Waals surface area contributed by atoms with Crippen molar-refractivity contribution in [2.24, 2.45) is 5.41 Å². The van der Waals surface area contributed by atoms with Gasteiger partial charge in [-0.2, -0.15) is 5.10 Å². The molecule has 0 saturated carbocycles. The van der Waals surface area contributed by atoms with Crippen LogP contribution in [0.5, 0.6) is 0 Å². The van der Waals surface area contributed by atoms with Crippen molar-refractivity contribution in [2.75, 3.05) is 11.9 Å². The first-order valence-electron chi connectivity index (χ1n) is 6.95. The molecule has 0 amide bonds. The van der Waals surface area contributed by atoms with Crippen molar-refractivity contribution in [3.05, 3.63) is 24.2 Å². The average Bonchev–Trinajstić information content (AvgIpc) is 2.72. The zero-order valence-electron chi connectivity index (χ0n) is 12.6. The van der Waals surface area contributed by atoms with Crippen molar-refractivity contribution in [3.8, 4) is 0 Å². The van der Waals surface area contributed by atoms with E-state index in [-0.39, 0.29) is 0 Å². The van der Waals surface area contributed by atoms with Gasteiger partial charge < -0.3 is 5.32 Å². The molecule has 0 aliphatic heterocycles. The Morgan fingerprint density at radius 2 is 2.05 bits per heavy atom. The molecule has 0 unspecified atom stereocenters. The number of anilines is 1. The van der Waals surface area contributed by atoms with Gasteiger partial charge in [0.15, 0.2) is 5.82 Å². The summed E-state index contributed by atoms with van der Waals surface area (Å²) in [6, 6.07) is 2.12. The molecule has 4 nitrogen and oxygen atoms in total. The number of hydrogen-bond donors (Lipinski definition) is 1. The molecule has 0 aromatic carbocycles. The highest BCUT2D eigenvalue weighted by Crippen LogP contribution is 2.21. The Morgan fingerprint density at radius 1 is 1.32 bits per heavy atom. The summed E-state index contributed by atoms with van der Waals surface area (Å²) >= 11 is 0. The lowest BCUT2D eigenvalue weighted by Crippen LogP contribution is -2.13.